The number of aromatic nitrogens is 2. The molecule has 3 heterocycles. The third-order valence-corrected chi connectivity index (χ3v) is 3.56. The number of ether oxygens (including phenoxy) is 1. The van der Waals surface area contributed by atoms with Crippen LogP contribution in [0.5, 0.6) is 0 Å². The number of nitrogens with two attached hydrogens (primary N) is 1. The molecule has 88 valence electrons. The number of hydrogen-bond donors (Lipinski definition) is 1. The highest BCUT2D eigenvalue weighted by Crippen LogP contribution is 2.24. The fourth-order valence-corrected chi connectivity index (χ4v) is 2.71. The van der Waals surface area contributed by atoms with Crippen LogP contribution in [0.4, 0.5) is 0 Å². The predicted octanol–water partition coefficient (Wildman–Crippen LogP) is 1.40. The standard InChI is InChI=1S/C12H19N3O/c13-11-4-1-5-15-8-9(14-12(11)15)7-10-3-2-6-16-10/h8,10-11H,1-7,13H2. The van der Waals surface area contributed by atoms with Gasteiger partial charge in [-0.05, 0) is 25.7 Å². The molecule has 2 aliphatic rings. The Kier molecular flexibility index (Phi) is 2.69. The molecule has 1 fully saturated rings. The number of hydrogen-bond acceptors (Lipinski definition) is 3. The van der Waals surface area contributed by atoms with Crippen molar-refractivity contribution in [2.75, 3.05) is 6.61 Å². The van der Waals surface area contributed by atoms with Gasteiger partial charge in [0.25, 0.3) is 0 Å². The van der Waals surface area contributed by atoms with Gasteiger partial charge < -0.3 is 15.0 Å². The molecule has 4 nitrogen and oxygen atoms in total. The normalized spacial score (nSPS) is 29.3. The molecule has 3 rings (SSSR count). The van der Waals surface area contributed by atoms with E-state index in [0.29, 0.717) is 6.10 Å². The topological polar surface area (TPSA) is 53.1 Å². The maximum absolute atomic E-state index is 6.05. The smallest absolute Gasteiger partial charge is 0.125 e. The molecule has 0 bridgehead atoms. The van der Waals surface area contributed by atoms with Crippen molar-refractivity contribution in [1.29, 1.82) is 0 Å². The van der Waals surface area contributed by atoms with E-state index in [-0.39, 0.29) is 6.04 Å². The zero-order valence-electron chi connectivity index (χ0n) is 9.56. The largest absolute Gasteiger partial charge is 0.378 e. The highest BCUT2D eigenvalue weighted by Gasteiger charge is 2.22. The van der Waals surface area contributed by atoms with Crippen molar-refractivity contribution in [2.24, 2.45) is 5.73 Å². The molecule has 2 unspecified atom stereocenters. The van der Waals surface area contributed by atoms with Gasteiger partial charge >= 0.3 is 0 Å². The molecule has 2 N–H and O–H groups in total. The summed E-state index contributed by atoms with van der Waals surface area (Å²) in [4.78, 5) is 4.65. The van der Waals surface area contributed by atoms with Crippen LogP contribution in [0.25, 0.3) is 0 Å². The van der Waals surface area contributed by atoms with Crippen LogP contribution < -0.4 is 5.73 Å². The van der Waals surface area contributed by atoms with Crippen LogP contribution in [0.1, 0.15) is 43.2 Å². The summed E-state index contributed by atoms with van der Waals surface area (Å²) in [6, 6.07) is 0.131. The lowest BCUT2D eigenvalue weighted by Crippen LogP contribution is -2.21. The van der Waals surface area contributed by atoms with Crippen molar-refractivity contribution in [3.8, 4) is 0 Å². The number of aryl methyl sites for hydroxylation is 1. The minimum Gasteiger partial charge on any atom is -0.378 e. The Hall–Kier alpha value is -0.870. The van der Waals surface area contributed by atoms with E-state index in [1.165, 1.54) is 19.3 Å². The Morgan fingerprint density at radius 3 is 3.12 bits per heavy atom. The molecule has 0 saturated carbocycles. The van der Waals surface area contributed by atoms with Gasteiger partial charge in [0, 0.05) is 25.8 Å². The van der Waals surface area contributed by atoms with Gasteiger partial charge in [-0.15, -0.1) is 0 Å². The zero-order chi connectivity index (χ0) is 11.0. The molecule has 16 heavy (non-hydrogen) atoms. The van der Waals surface area contributed by atoms with Crippen molar-refractivity contribution in [3.05, 3.63) is 17.7 Å². The summed E-state index contributed by atoms with van der Waals surface area (Å²) in [5.41, 5.74) is 7.21. The second-order valence-electron chi connectivity index (χ2n) is 4.87. The molecule has 2 atom stereocenters. The minimum atomic E-state index is 0.131. The van der Waals surface area contributed by atoms with Crippen LogP contribution in [0, 0.1) is 0 Å². The maximum Gasteiger partial charge on any atom is 0.125 e. The molecule has 0 aromatic carbocycles. The van der Waals surface area contributed by atoms with Crippen LogP contribution in [-0.2, 0) is 17.7 Å². The first-order valence-corrected chi connectivity index (χ1v) is 6.26. The van der Waals surface area contributed by atoms with Gasteiger partial charge in [0.2, 0.25) is 0 Å². The molecular formula is C12H19N3O. The summed E-state index contributed by atoms with van der Waals surface area (Å²) in [5, 5.41) is 0. The number of imidazole rings is 1. The molecule has 0 spiro atoms. The molecule has 0 aliphatic carbocycles. The van der Waals surface area contributed by atoms with Gasteiger partial charge in [-0.25, -0.2) is 4.98 Å². The predicted molar refractivity (Wildman–Crippen MR) is 61.1 cm³/mol. The van der Waals surface area contributed by atoms with E-state index in [1.54, 1.807) is 0 Å². The quantitative estimate of drug-likeness (QED) is 0.821. The lowest BCUT2D eigenvalue weighted by Gasteiger charge is -2.19. The van der Waals surface area contributed by atoms with E-state index in [1.807, 2.05) is 0 Å². The van der Waals surface area contributed by atoms with Crippen molar-refractivity contribution in [2.45, 2.75) is 50.8 Å². The van der Waals surface area contributed by atoms with Crippen molar-refractivity contribution in [3.63, 3.8) is 0 Å². The first-order valence-electron chi connectivity index (χ1n) is 6.26. The average Bonchev–Trinajstić information content (AvgIpc) is 2.88. The van der Waals surface area contributed by atoms with Gasteiger partial charge in [0.15, 0.2) is 0 Å². The fraction of sp³-hybridized carbons (Fsp3) is 0.750. The SMILES string of the molecule is NC1CCCn2cc(CC3CCCO3)nc21. The highest BCUT2D eigenvalue weighted by molar-refractivity contribution is 5.10. The summed E-state index contributed by atoms with van der Waals surface area (Å²) in [5.74, 6) is 1.07. The molecule has 0 radical (unpaired) electrons. The first-order chi connectivity index (χ1) is 7.83. The molecule has 2 aliphatic heterocycles. The van der Waals surface area contributed by atoms with Gasteiger partial charge in [-0.3, -0.25) is 0 Å². The van der Waals surface area contributed by atoms with Crippen molar-refractivity contribution < 1.29 is 4.74 Å². The Bertz CT molecular complexity index is 368. The average molecular weight is 221 g/mol. The number of rotatable bonds is 2. The van der Waals surface area contributed by atoms with Gasteiger partial charge in [-0.1, -0.05) is 0 Å². The molecule has 4 heteroatoms. The van der Waals surface area contributed by atoms with E-state index in [9.17, 15) is 0 Å². The molecular weight excluding hydrogens is 202 g/mol. The molecule has 1 aromatic heterocycles. The second kappa shape index (κ2) is 4.18. The summed E-state index contributed by atoms with van der Waals surface area (Å²) in [6.45, 7) is 1.99. The Labute approximate surface area is 95.8 Å². The van der Waals surface area contributed by atoms with Gasteiger partial charge in [0.05, 0.1) is 17.8 Å². The van der Waals surface area contributed by atoms with E-state index in [2.05, 4.69) is 15.7 Å². The van der Waals surface area contributed by atoms with E-state index in [0.717, 1.165) is 37.5 Å². The first kappa shape index (κ1) is 10.3. The number of nitrogens with zero attached hydrogens (tertiary/aromatic N) is 2. The highest BCUT2D eigenvalue weighted by atomic mass is 16.5. The van der Waals surface area contributed by atoms with E-state index in [4.69, 9.17) is 10.5 Å². The maximum atomic E-state index is 6.05. The molecule has 1 saturated heterocycles. The van der Waals surface area contributed by atoms with Crippen LogP contribution in [-0.4, -0.2) is 22.3 Å². The minimum absolute atomic E-state index is 0.131. The Balaban J connectivity index is 1.75. The summed E-state index contributed by atoms with van der Waals surface area (Å²) < 4.78 is 7.86. The fourth-order valence-electron chi connectivity index (χ4n) is 2.71. The molecule has 1 aromatic rings. The third-order valence-electron chi connectivity index (χ3n) is 3.56. The number of fused-ring (bicyclic) bond motifs is 1. The van der Waals surface area contributed by atoms with Crippen LogP contribution in [0.3, 0.4) is 0 Å². The van der Waals surface area contributed by atoms with E-state index >= 15 is 0 Å². The van der Waals surface area contributed by atoms with Crippen molar-refractivity contribution in [1.82, 2.24) is 9.55 Å². The molecule has 0 amide bonds. The van der Waals surface area contributed by atoms with Crippen LogP contribution >= 0.6 is 0 Å². The van der Waals surface area contributed by atoms with Gasteiger partial charge in [-0.2, -0.15) is 0 Å². The second-order valence-corrected chi connectivity index (χ2v) is 4.87. The van der Waals surface area contributed by atoms with Crippen LogP contribution in [0.15, 0.2) is 6.20 Å². The summed E-state index contributed by atoms with van der Waals surface area (Å²) >= 11 is 0. The van der Waals surface area contributed by atoms with E-state index < -0.39 is 0 Å². The summed E-state index contributed by atoms with van der Waals surface area (Å²) in [7, 11) is 0. The Morgan fingerprint density at radius 2 is 2.38 bits per heavy atom. The summed E-state index contributed by atoms with van der Waals surface area (Å²) in [6.07, 6.45) is 8.10. The third kappa shape index (κ3) is 1.87. The van der Waals surface area contributed by atoms with Crippen molar-refractivity contribution >= 4 is 0 Å². The Morgan fingerprint density at radius 1 is 1.44 bits per heavy atom. The lowest BCUT2D eigenvalue weighted by molar-refractivity contribution is 0.110. The van der Waals surface area contributed by atoms with Gasteiger partial charge in [0.1, 0.15) is 5.82 Å². The lowest BCUT2D eigenvalue weighted by atomic mass is 10.1. The van der Waals surface area contributed by atoms with Crippen LogP contribution in [0.2, 0.25) is 0 Å². The monoisotopic (exact) mass is 221 g/mol. The zero-order valence-corrected chi connectivity index (χ0v) is 9.56.